The van der Waals surface area contributed by atoms with Crippen LogP contribution in [0.5, 0.6) is 0 Å². The van der Waals surface area contributed by atoms with Gasteiger partial charge in [-0.1, -0.05) is 11.6 Å². The van der Waals surface area contributed by atoms with Crippen molar-refractivity contribution in [3.05, 3.63) is 28.0 Å². The Hall–Kier alpha value is -2.52. The summed E-state index contributed by atoms with van der Waals surface area (Å²) >= 11 is 7.36. The minimum Gasteiger partial charge on any atom is -0.462 e. The van der Waals surface area contributed by atoms with Crippen LogP contribution in [0.25, 0.3) is 27.4 Å². The maximum Gasteiger partial charge on any atom is 0.348 e. The molecular formula is C14H11ClN6O2S. The van der Waals surface area contributed by atoms with E-state index in [1.807, 2.05) is 6.92 Å². The molecule has 0 aliphatic rings. The number of aromatic amines is 1. The molecule has 0 aromatic carbocycles. The van der Waals surface area contributed by atoms with E-state index in [0.29, 0.717) is 38.5 Å². The highest BCUT2D eigenvalue weighted by atomic mass is 35.5. The Balaban J connectivity index is 1.95. The van der Waals surface area contributed by atoms with E-state index in [1.54, 1.807) is 17.8 Å². The Bertz CT molecular complexity index is 1080. The zero-order valence-corrected chi connectivity index (χ0v) is 14.3. The lowest BCUT2D eigenvalue weighted by Crippen LogP contribution is -2.03. The number of carbonyl (C=O) groups is 1. The lowest BCUT2D eigenvalue weighted by atomic mass is 10.2. The van der Waals surface area contributed by atoms with Crippen LogP contribution < -0.4 is 0 Å². The first kappa shape index (κ1) is 15.0. The smallest absolute Gasteiger partial charge is 0.348 e. The highest BCUT2D eigenvalue weighted by Gasteiger charge is 2.21. The molecule has 8 nitrogen and oxygen atoms in total. The van der Waals surface area contributed by atoms with Gasteiger partial charge < -0.3 is 4.74 Å². The summed E-state index contributed by atoms with van der Waals surface area (Å²) in [7, 11) is 0. The van der Waals surface area contributed by atoms with Crippen LogP contribution in [0.4, 0.5) is 0 Å². The van der Waals surface area contributed by atoms with Crippen LogP contribution in [-0.4, -0.2) is 42.4 Å². The number of ether oxygens (including phenoxy) is 1. The first-order valence-electron chi connectivity index (χ1n) is 7.11. The number of hydrogen-bond donors (Lipinski definition) is 1. The van der Waals surface area contributed by atoms with Gasteiger partial charge in [-0.05, 0) is 19.4 Å². The molecule has 1 N–H and O–H groups in total. The second-order valence-electron chi connectivity index (χ2n) is 5.00. The lowest BCUT2D eigenvalue weighted by Gasteiger charge is -1.99. The van der Waals surface area contributed by atoms with Crippen LogP contribution in [0.15, 0.2) is 12.5 Å². The molecule has 24 heavy (non-hydrogen) atoms. The maximum atomic E-state index is 12.1. The van der Waals surface area contributed by atoms with Gasteiger partial charge in [-0.25, -0.2) is 19.3 Å². The second kappa shape index (κ2) is 5.53. The van der Waals surface area contributed by atoms with E-state index in [2.05, 4.69) is 25.3 Å². The molecule has 4 aromatic rings. The molecule has 0 saturated carbocycles. The van der Waals surface area contributed by atoms with Crippen LogP contribution in [0.1, 0.15) is 22.2 Å². The normalized spacial score (nSPS) is 11.5. The van der Waals surface area contributed by atoms with Gasteiger partial charge >= 0.3 is 5.97 Å². The summed E-state index contributed by atoms with van der Waals surface area (Å²) in [4.78, 5) is 22.2. The number of halogens is 1. The quantitative estimate of drug-likeness (QED) is 0.563. The summed E-state index contributed by atoms with van der Waals surface area (Å²) in [5, 5.41) is 12.2. The molecule has 10 heteroatoms. The van der Waals surface area contributed by atoms with Gasteiger partial charge in [-0.3, -0.25) is 5.10 Å². The average Bonchev–Trinajstić information content (AvgIpc) is 3.23. The lowest BCUT2D eigenvalue weighted by molar-refractivity contribution is 0.0531. The molecule has 0 unspecified atom stereocenters. The number of aromatic nitrogens is 6. The summed E-state index contributed by atoms with van der Waals surface area (Å²) in [6, 6.07) is 0. The molecule has 0 bridgehead atoms. The van der Waals surface area contributed by atoms with Crippen molar-refractivity contribution in [1.29, 1.82) is 0 Å². The Morgan fingerprint density at radius 2 is 2.33 bits per heavy atom. The number of esters is 1. The van der Waals surface area contributed by atoms with E-state index in [-0.39, 0.29) is 5.97 Å². The number of H-pyrrole nitrogens is 1. The average molecular weight is 363 g/mol. The predicted molar refractivity (Wildman–Crippen MR) is 89.5 cm³/mol. The molecule has 0 saturated heterocycles. The van der Waals surface area contributed by atoms with Gasteiger partial charge in [-0.2, -0.15) is 5.10 Å². The van der Waals surface area contributed by atoms with Gasteiger partial charge in [0.25, 0.3) is 0 Å². The first-order valence-corrected chi connectivity index (χ1v) is 8.30. The van der Waals surface area contributed by atoms with E-state index in [4.69, 9.17) is 16.3 Å². The summed E-state index contributed by atoms with van der Waals surface area (Å²) < 4.78 is 6.66. The van der Waals surface area contributed by atoms with Crippen LogP contribution in [-0.2, 0) is 4.74 Å². The van der Waals surface area contributed by atoms with Gasteiger partial charge in [0.15, 0.2) is 5.65 Å². The van der Waals surface area contributed by atoms with Crippen molar-refractivity contribution >= 4 is 44.8 Å². The Labute approximate surface area is 144 Å². The largest absolute Gasteiger partial charge is 0.462 e. The summed E-state index contributed by atoms with van der Waals surface area (Å²) in [6.07, 6.45) is 3.05. The fourth-order valence-electron chi connectivity index (χ4n) is 2.46. The SMILES string of the molecule is CCOC(=O)c1sc2ncn3nc(-c4[nH]ncc4Cl)nc3c2c1C. The number of carbonyl (C=O) groups excluding carboxylic acids is 1. The number of rotatable bonds is 3. The monoisotopic (exact) mass is 362 g/mol. The van der Waals surface area contributed by atoms with Crippen molar-refractivity contribution in [3.63, 3.8) is 0 Å². The van der Waals surface area contributed by atoms with Crippen molar-refractivity contribution in [2.45, 2.75) is 13.8 Å². The van der Waals surface area contributed by atoms with E-state index < -0.39 is 0 Å². The molecule has 0 spiro atoms. The van der Waals surface area contributed by atoms with Gasteiger partial charge in [0.05, 0.1) is 23.2 Å². The number of thiophene rings is 1. The van der Waals surface area contributed by atoms with Crippen molar-refractivity contribution in [3.8, 4) is 11.5 Å². The third-order valence-electron chi connectivity index (χ3n) is 3.54. The molecule has 0 aliphatic heterocycles. The van der Waals surface area contributed by atoms with Crippen LogP contribution in [0.2, 0.25) is 5.02 Å². The highest BCUT2D eigenvalue weighted by molar-refractivity contribution is 7.20. The summed E-state index contributed by atoms with van der Waals surface area (Å²) in [5.74, 6) is 0.0579. The number of aryl methyl sites for hydroxylation is 1. The van der Waals surface area contributed by atoms with Gasteiger partial charge in [-0.15, -0.1) is 16.4 Å². The number of nitrogens with zero attached hydrogens (tertiary/aromatic N) is 5. The molecule has 0 aliphatic carbocycles. The van der Waals surface area contributed by atoms with Crippen molar-refractivity contribution in [2.24, 2.45) is 0 Å². The topological polar surface area (TPSA) is 98.1 Å². The number of fused-ring (bicyclic) bond motifs is 3. The molecule has 4 heterocycles. The van der Waals surface area contributed by atoms with Gasteiger partial charge in [0.2, 0.25) is 5.82 Å². The molecule has 4 aromatic heterocycles. The Morgan fingerprint density at radius 3 is 3.04 bits per heavy atom. The highest BCUT2D eigenvalue weighted by Crippen LogP contribution is 2.33. The molecule has 0 atom stereocenters. The van der Waals surface area contributed by atoms with E-state index in [1.165, 1.54) is 17.5 Å². The van der Waals surface area contributed by atoms with Crippen molar-refractivity contribution in [2.75, 3.05) is 6.61 Å². The molecule has 0 radical (unpaired) electrons. The standard InChI is InChI=1S/C14H11ClN6O2S/c1-3-23-14(22)10-6(2)8-12-18-11(9-7(15)4-17-19-9)20-21(12)5-16-13(8)24-10/h4-5H,3H2,1-2H3,(H,17,19). The molecule has 122 valence electrons. The van der Waals surface area contributed by atoms with E-state index in [0.717, 1.165) is 10.9 Å². The molecule has 0 amide bonds. The van der Waals surface area contributed by atoms with Gasteiger partial charge in [0.1, 0.15) is 21.7 Å². The third-order valence-corrected chi connectivity index (χ3v) is 5.01. The fraction of sp³-hybridized carbons (Fsp3) is 0.214. The maximum absolute atomic E-state index is 12.1. The van der Waals surface area contributed by atoms with Crippen molar-refractivity contribution < 1.29 is 9.53 Å². The van der Waals surface area contributed by atoms with Crippen LogP contribution in [0.3, 0.4) is 0 Å². The predicted octanol–water partition coefficient (Wildman–Crippen LogP) is 2.87. The van der Waals surface area contributed by atoms with E-state index >= 15 is 0 Å². The van der Waals surface area contributed by atoms with Crippen LogP contribution >= 0.6 is 22.9 Å². The Morgan fingerprint density at radius 1 is 1.50 bits per heavy atom. The molecular weight excluding hydrogens is 352 g/mol. The van der Waals surface area contributed by atoms with Crippen LogP contribution in [0, 0.1) is 6.92 Å². The number of hydrogen-bond acceptors (Lipinski definition) is 7. The minimum absolute atomic E-state index is 0.322. The second-order valence-corrected chi connectivity index (χ2v) is 6.40. The summed E-state index contributed by atoms with van der Waals surface area (Å²) in [6.45, 7) is 3.95. The summed E-state index contributed by atoms with van der Waals surface area (Å²) in [5.41, 5.74) is 1.91. The Kier molecular flexibility index (Phi) is 3.47. The zero-order valence-electron chi connectivity index (χ0n) is 12.7. The molecule has 4 rings (SSSR count). The van der Waals surface area contributed by atoms with Gasteiger partial charge in [0, 0.05) is 0 Å². The zero-order chi connectivity index (χ0) is 16.8. The third kappa shape index (κ3) is 2.16. The minimum atomic E-state index is -0.354. The van der Waals surface area contributed by atoms with Crippen molar-refractivity contribution in [1.82, 2.24) is 29.8 Å². The molecule has 0 fully saturated rings. The van der Waals surface area contributed by atoms with E-state index in [9.17, 15) is 4.79 Å². The number of nitrogens with one attached hydrogen (secondary N) is 1. The fourth-order valence-corrected chi connectivity index (χ4v) is 3.67. The first-order chi connectivity index (χ1) is 11.6.